The van der Waals surface area contributed by atoms with E-state index in [1.807, 2.05) is 41.5 Å². The van der Waals surface area contributed by atoms with Crippen molar-refractivity contribution in [1.29, 1.82) is 0 Å². The van der Waals surface area contributed by atoms with Gasteiger partial charge in [-0.15, -0.1) is 0 Å². The summed E-state index contributed by atoms with van der Waals surface area (Å²) in [4.78, 5) is 22.4. The molecule has 0 radical (unpaired) electrons. The van der Waals surface area contributed by atoms with Crippen molar-refractivity contribution >= 4 is 17.6 Å². The number of benzene rings is 1. The highest BCUT2D eigenvalue weighted by Crippen LogP contribution is 2.41. The van der Waals surface area contributed by atoms with Gasteiger partial charge in [0.2, 0.25) is 5.91 Å². The molecule has 1 aromatic carbocycles. The maximum absolute atomic E-state index is 11.9. The van der Waals surface area contributed by atoms with Crippen molar-refractivity contribution in [3.63, 3.8) is 0 Å². The van der Waals surface area contributed by atoms with E-state index >= 15 is 0 Å². The Kier molecular flexibility index (Phi) is 5.46. The number of nitrogens with one attached hydrogen (secondary N) is 1. The first-order valence-electron chi connectivity index (χ1n) is 7.72. The van der Waals surface area contributed by atoms with Gasteiger partial charge in [-0.25, -0.2) is 0 Å². The molecule has 0 saturated carbocycles. The fourth-order valence-corrected chi connectivity index (χ4v) is 2.29. The first-order valence-corrected chi connectivity index (χ1v) is 7.72. The number of hydrogen-bond donors (Lipinski definition) is 3. The third-order valence-electron chi connectivity index (χ3n) is 3.58. The Morgan fingerprint density at radius 2 is 1.39 bits per heavy atom. The molecule has 1 aromatic rings. The molecule has 5 nitrogen and oxygen atoms in total. The Hall–Kier alpha value is -2.04. The number of carboxylic acids is 1. The number of phenolic OH excluding ortho intramolecular Hbond substituents is 1. The van der Waals surface area contributed by atoms with Crippen LogP contribution in [-0.2, 0) is 20.4 Å². The highest BCUT2D eigenvalue weighted by Gasteiger charge is 2.26. The van der Waals surface area contributed by atoms with Crippen LogP contribution >= 0.6 is 0 Å². The molecule has 0 unspecified atom stereocenters. The van der Waals surface area contributed by atoms with Crippen LogP contribution in [0.1, 0.15) is 65.5 Å². The zero-order valence-electron chi connectivity index (χ0n) is 14.8. The molecule has 3 N–H and O–H groups in total. The van der Waals surface area contributed by atoms with Gasteiger partial charge in [-0.1, -0.05) is 41.5 Å². The normalized spacial score (nSPS) is 12.1. The third kappa shape index (κ3) is 5.27. The van der Waals surface area contributed by atoms with Gasteiger partial charge >= 0.3 is 5.97 Å². The maximum atomic E-state index is 11.9. The first-order chi connectivity index (χ1) is 10.3. The number of carboxylic acid groups (broad SMARTS) is 1. The molecule has 0 aliphatic carbocycles. The van der Waals surface area contributed by atoms with Crippen molar-refractivity contribution in [2.45, 2.75) is 65.2 Å². The molecule has 5 heteroatoms. The van der Waals surface area contributed by atoms with Crippen molar-refractivity contribution in [1.82, 2.24) is 0 Å². The quantitative estimate of drug-likeness (QED) is 0.736. The van der Waals surface area contributed by atoms with E-state index in [9.17, 15) is 14.7 Å². The minimum atomic E-state index is -1.00. The minimum absolute atomic E-state index is 0.0775. The summed E-state index contributed by atoms with van der Waals surface area (Å²) in [6, 6.07) is 3.51. The zero-order valence-corrected chi connectivity index (χ0v) is 14.8. The number of aromatic hydroxyl groups is 1. The van der Waals surface area contributed by atoms with Crippen LogP contribution in [0.3, 0.4) is 0 Å². The van der Waals surface area contributed by atoms with E-state index in [-0.39, 0.29) is 35.3 Å². The van der Waals surface area contributed by atoms with E-state index in [1.54, 1.807) is 12.1 Å². The van der Waals surface area contributed by atoms with Crippen molar-refractivity contribution in [2.75, 3.05) is 5.32 Å². The molecular weight excluding hydrogens is 294 g/mol. The second-order valence-corrected chi connectivity index (χ2v) is 7.86. The predicted molar refractivity (Wildman–Crippen MR) is 91.0 cm³/mol. The molecule has 128 valence electrons. The lowest BCUT2D eigenvalue weighted by Crippen LogP contribution is -2.19. The second kappa shape index (κ2) is 6.60. The fraction of sp³-hybridized carbons (Fsp3) is 0.556. The van der Waals surface area contributed by atoms with E-state index in [1.165, 1.54) is 0 Å². The molecular formula is C18H27NO4. The Morgan fingerprint density at radius 1 is 0.957 bits per heavy atom. The Balaban J connectivity index is 3.23. The average molecular weight is 321 g/mol. The summed E-state index contributed by atoms with van der Waals surface area (Å²) in [5.74, 6) is -1.11. The van der Waals surface area contributed by atoms with Gasteiger partial charge in [0.1, 0.15) is 5.75 Å². The zero-order chi connectivity index (χ0) is 18.0. The van der Waals surface area contributed by atoms with Crippen molar-refractivity contribution < 1.29 is 19.8 Å². The topological polar surface area (TPSA) is 86.6 Å². The number of aliphatic carboxylic acids is 1. The lowest BCUT2D eigenvalue weighted by atomic mass is 9.79. The largest absolute Gasteiger partial charge is 0.507 e. The van der Waals surface area contributed by atoms with Crippen LogP contribution < -0.4 is 5.32 Å². The van der Waals surface area contributed by atoms with Crippen LogP contribution in [0.25, 0.3) is 0 Å². The highest BCUT2D eigenvalue weighted by molar-refractivity contribution is 5.92. The Bertz CT molecular complexity index is 571. The van der Waals surface area contributed by atoms with Crippen LogP contribution in [-0.4, -0.2) is 22.1 Å². The molecule has 23 heavy (non-hydrogen) atoms. The molecule has 0 aliphatic heterocycles. The molecule has 0 aliphatic rings. The summed E-state index contributed by atoms with van der Waals surface area (Å²) in [7, 11) is 0. The summed E-state index contributed by atoms with van der Waals surface area (Å²) in [6.45, 7) is 11.9. The van der Waals surface area contributed by atoms with Crippen LogP contribution in [0.2, 0.25) is 0 Å². The predicted octanol–water partition coefficient (Wildman–Crippen LogP) is 3.79. The van der Waals surface area contributed by atoms with E-state index in [4.69, 9.17) is 5.11 Å². The van der Waals surface area contributed by atoms with Gasteiger partial charge in [-0.05, 0) is 23.0 Å². The van der Waals surface area contributed by atoms with Gasteiger partial charge < -0.3 is 15.5 Å². The molecule has 1 rings (SSSR count). The maximum Gasteiger partial charge on any atom is 0.303 e. The SMILES string of the molecule is CC(C)(C)c1cc(NC(=O)CCC(=O)O)cc(C(C)(C)C)c1O. The third-order valence-corrected chi connectivity index (χ3v) is 3.58. The average Bonchev–Trinajstić information content (AvgIpc) is 2.35. The number of hydrogen-bond acceptors (Lipinski definition) is 3. The van der Waals surface area contributed by atoms with Crippen molar-refractivity contribution in [3.05, 3.63) is 23.3 Å². The summed E-state index contributed by atoms with van der Waals surface area (Å²) >= 11 is 0. The lowest BCUT2D eigenvalue weighted by molar-refractivity contribution is -0.138. The molecule has 0 bridgehead atoms. The fourth-order valence-electron chi connectivity index (χ4n) is 2.29. The molecule has 0 heterocycles. The monoisotopic (exact) mass is 321 g/mol. The van der Waals surface area contributed by atoms with E-state index in [2.05, 4.69) is 5.32 Å². The van der Waals surface area contributed by atoms with Gasteiger partial charge in [0.15, 0.2) is 0 Å². The van der Waals surface area contributed by atoms with Crippen LogP contribution in [0, 0.1) is 0 Å². The smallest absolute Gasteiger partial charge is 0.303 e. The van der Waals surface area contributed by atoms with Gasteiger partial charge in [0.05, 0.1) is 6.42 Å². The summed E-state index contributed by atoms with van der Waals surface area (Å²) in [6.07, 6.45) is -0.284. The molecule has 0 aromatic heterocycles. The van der Waals surface area contributed by atoms with E-state index in [0.29, 0.717) is 5.69 Å². The summed E-state index contributed by atoms with van der Waals surface area (Å²) in [5.41, 5.74) is 1.50. The minimum Gasteiger partial charge on any atom is -0.507 e. The van der Waals surface area contributed by atoms with Gasteiger partial charge in [-0.3, -0.25) is 9.59 Å². The summed E-state index contributed by atoms with van der Waals surface area (Å²) < 4.78 is 0. The number of rotatable bonds is 4. The van der Waals surface area contributed by atoms with Gasteiger partial charge in [0.25, 0.3) is 0 Å². The van der Waals surface area contributed by atoms with Crippen LogP contribution in [0.15, 0.2) is 12.1 Å². The summed E-state index contributed by atoms with van der Waals surface area (Å²) in [5, 5.41) is 22.0. The van der Waals surface area contributed by atoms with Gasteiger partial charge in [0, 0.05) is 23.2 Å². The lowest BCUT2D eigenvalue weighted by Gasteiger charge is -2.28. The van der Waals surface area contributed by atoms with Gasteiger partial charge in [-0.2, -0.15) is 0 Å². The highest BCUT2D eigenvalue weighted by atomic mass is 16.4. The number of anilines is 1. The Labute approximate surface area is 137 Å². The first kappa shape index (κ1) is 19.0. The number of carbonyl (C=O) groups is 2. The molecule has 0 fully saturated rings. The molecule has 0 atom stereocenters. The van der Waals surface area contributed by atoms with Crippen molar-refractivity contribution in [2.24, 2.45) is 0 Å². The van der Waals surface area contributed by atoms with Crippen molar-refractivity contribution in [3.8, 4) is 5.75 Å². The molecule has 0 spiro atoms. The van der Waals surface area contributed by atoms with E-state index < -0.39 is 5.97 Å². The Morgan fingerprint density at radius 3 is 1.74 bits per heavy atom. The molecule has 0 saturated heterocycles. The van der Waals surface area contributed by atoms with Crippen LogP contribution in [0.4, 0.5) is 5.69 Å². The number of phenols is 1. The van der Waals surface area contributed by atoms with E-state index in [0.717, 1.165) is 11.1 Å². The van der Waals surface area contributed by atoms with Crippen LogP contribution in [0.5, 0.6) is 5.75 Å². The second-order valence-electron chi connectivity index (χ2n) is 7.86. The standard InChI is InChI=1S/C18H27NO4/c1-17(2,3)12-9-11(19-14(20)7-8-15(21)22)10-13(16(12)23)18(4,5)6/h9-10,23H,7-8H2,1-6H3,(H,19,20)(H,21,22). The molecule has 1 amide bonds. The number of carbonyl (C=O) groups excluding carboxylic acids is 1. The number of amides is 1.